The molecule has 0 radical (unpaired) electrons. The molecular formula is C17H16ClN3O3S. The maximum Gasteiger partial charge on any atom is 0.240 e. The second-order valence-corrected chi connectivity index (χ2v) is 7.40. The molecule has 1 amide bonds. The van der Waals surface area contributed by atoms with Crippen LogP contribution in [-0.2, 0) is 21.4 Å². The van der Waals surface area contributed by atoms with Crippen LogP contribution in [0.4, 0.5) is 0 Å². The van der Waals surface area contributed by atoms with Gasteiger partial charge in [0.1, 0.15) is 0 Å². The van der Waals surface area contributed by atoms with Crippen molar-refractivity contribution in [3.63, 3.8) is 0 Å². The first-order valence-corrected chi connectivity index (χ1v) is 9.28. The third-order valence-electron chi connectivity index (χ3n) is 3.30. The lowest BCUT2D eigenvalue weighted by Crippen LogP contribution is -2.30. The number of sulfonamides is 1. The summed E-state index contributed by atoms with van der Waals surface area (Å²) in [5.74, 6) is -0.295. The van der Waals surface area contributed by atoms with Crippen molar-refractivity contribution < 1.29 is 13.2 Å². The van der Waals surface area contributed by atoms with Crippen molar-refractivity contribution in [3.05, 3.63) is 64.7 Å². The van der Waals surface area contributed by atoms with E-state index in [4.69, 9.17) is 16.9 Å². The third-order valence-corrected chi connectivity index (χ3v) is 4.99. The summed E-state index contributed by atoms with van der Waals surface area (Å²) in [5, 5.41) is 11.8. The van der Waals surface area contributed by atoms with E-state index in [1.165, 1.54) is 12.1 Å². The van der Waals surface area contributed by atoms with Crippen LogP contribution < -0.4 is 10.0 Å². The Morgan fingerprint density at radius 1 is 1.16 bits per heavy atom. The molecule has 0 saturated carbocycles. The molecule has 0 fully saturated rings. The van der Waals surface area contributed by atoms with E-state index in [1.807, 2.05) is 6.07 Å². The fraction of sp³-hybridized carbons (Fsp3) is 0.176. The summed E-state index contributed by atoms with van der Waals surface area (Å²) >= 11 is 5.78. The minimum Gasteiger partial charge on any atom is -0.352 e. The molecule has 0 atom stereocenters. The highest BCUT2D eigenvalue weighted by atomic mass is 35.5. The molecule has 25 heavy (non-hydrogen) atoms. The number of carbonyl (C=O) groups is 1. The predicted molar refractivity (Wildman–Crippen MR) is 94.3 cm³/mol. The van der Waals surface area contributed by atoms with Gasteiger partial charge in [-0.25, -0.2) is 13.1 Å². The van der Waals surface area contributed by atoms with E-state index in [0.717, 1.165) is 5.56 Å². The van der Waals surface area contributed by atoms with Gasteiger partial charge in [0.05, 0.1) is 16.5 Å². The number of amides is 1. The van der Waals surface area contributed by atoms with Crippen LogP contribution in [0, 0.1) is 11.3 Å². The SMILES string of the molecule is N#Cc1cccc(CNC(=O)CCNS(=O)(=O)c2cccc(Cl)c2)c1. The van der Waals surface area contributed by atoms with Crippen LogP contribution in [-0.4, -0.2) is 20.9 Å². The summed E-state index contributed by atoms with van der Waals surface area (Å²) in [6.45, 7) is 0.244. The van der Waals surface area contributed by atoms with E-state index < -0.39 is 10.0 Å². The fourth-order valence-corrected chi connectivity index (χ4v) is 3.39. The molecule has 0 aliphatic carbocycles. The highest BCUT2D eigenvalue weighted by Crippen LogP contribution is 2.15. The maximum atomic E-state index is 12.1. The van der Waals surface area contributed by atoms with Crippen LogP contribution in [0.2, 0.25) is 5.02 Å². The Labute approximate surface area is 151 Å². The van der Waals surface area contributed by atoms with Gasteiger partial charge >= 0.3 is 0 Å². The molecule has 0 aliphatic rings. The number of halogens is 1. The van der Waals surface area contributed by atoms with Crippen molar-refractivity contribution in [2.45, 2.75) is 17.9 Å². The van der Waals surface area contributed by atoms with Gasteiger partial charge < -0.3 is 5.32 Å². The van der Waals surface area contributed by atoms with Gasteiger partial charge in [0.2, 0.25) is 15.9 Å². The molecule has 2 rings (SSSR count). The van der Waals surface area contributed by atoms with Gasteiger partial charge in [-0.2, -0.15) is 5.26 Å². The number of nitriles is 1. The van der Waals surface area contributed by atoms with Crippen LogP contribution in [0.3, 0.4) is 0 Å². The van der Waals surface area contributed by atoms with E-state index in [1.54, 1.807) is 36.4 Å². The monoisotopic (exact) mass is 377 g/mol. The van der Waals surface area contributed by atoms with Gasteiger partial charge in [-0.05, 0) is 35.9 Å². The van der Waals surface area contributed by atoms with Gasteiger partial charge in [-0.1, -0.05) is 29.8 Å². The molecule has 6 nitrogen and oxygen atoms in total. The smallest absolute Gasteiger partial charge is 0.240 e. The minimum absolute atomic E-state index is 0.00225. The highest BCUT2D eigenvalue weighted by Gasteiger charge is 2.14. The number of nitrogens with zero attached hydrogens (tertiary/aromatic N) is 1. The first kappa shape index (κ1) is 18.9. The van der Waals surface area contributed by atoms with E-state index in [0.29, 0.717) is 10.6 Å². The van der Waals surface area contributed by atoms with Crippen LogP contribution in [0.15, 0.2) is 53.4 Å². The Bertz CT molecular complexity index is 907. The molecule has 0 heterocycles. The molecule has 0 aromatic heterocycles. The average molecular weight is 378 g/mol. The highest BCUT2D eigenvalue weighted by molar-refractivity contribution is 7.89. The van der Waals surface area contributed by atoms with Crippen molar-refractivity contribution in [3.8, 4) is 6.07 Å². The molecule has 0 saturated heterocycles. The van der Waals surface area contributed by atoms with Gasteiger partial charge in [0.25, 0.3) is 0 Å². The fourth-order valence-electron chi connectivity index (χ4n) is 2.06. The Morgan fingerprint density at radius 2 is 1.92 bits per heavy atom. The van der Waals surface area contributed by atoms with E-state index in [-0.39, 0.29) is 30.3 Å². The Kier molecular flexibility index (Phi) is 6.53. The zero-order valence-electron chi connectivity index (χ0n) is 13.2. The van der Waals surface area contributed by atoms with Crippen molar-refractivity contribution in [2.75, 3.05) is 6.54 Å². The molecule has 130 valence electrons. The minimum atomic E-state index is -3.71. The predicted octanol–water partition coefficient (Wildman–Crippen LogP) is 2.20. The average Bonchev–Trinajstić information content (AvgIpc) is 2.60. The lowest BCUT2D eigenvalue weighted by molar-refractivity contribution is -0.121. The normalized spacial score (nSPS) is 10.9. The molecule has 0 bridgehead atoms. The lowest BCUT2D eigenvalue weighted by Gasteiger charge is -2.08. The molecule has 2 N–H and O–H groups in total. The first-order valence-electron chi connectivity index (χ1n) is 7.42. The van der Waals surface area contributed by atoms with Crippen molar-refractivity contribution in [1.82, 2.24) is 10.0 Å². The third kappa shape index (κ3) is 5.87. The number of rotatable bonds is 7. The molecule has 0 unspecified atom stereocenters. The molecule has 0 spiro atoms. The zero-order chi connectivity index (χ0) is 18.3. The van der Waals surface area contributed by atoms with E-state index >= 15 is 0 Å². The van der Waals surface area contributed by atoms with Gasteiger partial charge in [0, 0.05) is 24.5 Å². The number of hydrogen-bond acceptors (Lipinski definition) is 4. The Morgan fingerprint density at radius 3 is 2.64 bits per heavy atom. The second-order valence-electron chi connectivity index (χ2n) is 5.19. The molecule has 8 heteroatoms. The molecule has 2 aromatic carbocycles. The maximum absolute atomic E-state index is 12.1. The number of benzene rings is 2. The van der Waals surface area contributed by atoms with E-state index in [9.17, 15) is 13.2 Å². The number of carbonyl (C=O) groups excluding carboxylic acids is 1. The summed E-state index contributed by atoms with van der Waals surface area (Å²) in [6.07, 6.45) is -0.00225. The van der Waals surface area contributed by atoms with Crippen LogP contribution >= 0.6 is 11.6 Å². The van der Waals surface area contributed by atoms with Gasteiger partial charge in [0.15, 0.2) is 0 Å². The molecule has 2 aromatic rings. The van der Waals surface area contributed by atoms with Gasteiger partial charge in [-0.3, -0.25) is 4.79 Å². The van der Waals surface area contributed by atoms with Gasteiger partial charge in [-0.15, -0.1) is 0 Å². The zero-order valence-corrected chi connectivity index (χ0v) is 14.8. The molecular weight excluding hydrogens is 362 g/mol. The molecule has 0 aliphatic heterocycles. The lowest BCUT2D eigenvalue weighted by atomic mass is 10.1. The Balaban J connectivity index is 1.81. The van der Waals surface area contributed by atoms with Crippen LogP contribution in [0.25, 0.3) is 0 Å². The topological polar surface area (TPSA) is 99.1 Å². The van der Waals surface area contributed by atoms with E-state index in [2.05, 4.69) is 10.0 Å². The summed E-state index contributed by atoms with van der Waals surface area (Å²) in [4.78, 5) is 11.9. The van der Waals surface area contributed by atoms with Crippen molar-refractivity contribution in [1.29, 1.82) is 5.26 Å². The number of hydrogen-bond donors (Lipinski definition) is 2. The summed E-state index contributed by atoms with van der Waals surface area (Å²) in [6, 6.07) is 14.8. The second kappa shape index (κ2) is 8.62. The van der Waals surface area contributed by atoms with Crippen molar-refractivity contribution in [2.24, 2.45) is 0 Å². The largest absolute Gasteiger partial charge is 0.352 e. The summed E-state index contributed by atoms with van der Waals surface area (Å²) in [5.41, 5.74) is 1.31. The number of nitrogens with one attached hydrogen (secondary N) is 2. The summed E-state index contributed by atoms with van der Waals surface area (Å²) < 4.78 is 26.5. The first-order chi connectivity index (χ1) is 11.9. The van der Waals surface area contributed by atoms with Crippen LogP contribution in [0.1, 0.15) is 17.5 Å². The summed E-state index contributed by atoms with van der Waals surface area (Å²) in [7, 11) is -3.71. The van der Waals surface area contributed by atoms with Crippen molar-refractivity contribution >= 4 is 27.5 Å². The Hall–Kier alpha value is -2.40. The quantitative estimate of drug-likeness (QED) is 0.772. The van der Waals surface area contributed by atoms with Crippen LogP contribution in [0.5, 0.6) is 0 Å². The standard InChI is InChI=1S/C17H16ClN3O3S/c18-15-5-2-6-16(10-15)25(23,24)21-8-7-17(22)20-12-14-4-1-3-13(9-14)11-19/h1-6,9-10,21H,7-8,12H2,(H,20,22).